The number of hydrogen-bond donors (Lipinski definition) is 4. The molecule has 0 bridgehead atoms. The largest absolute Gasteiger partial charge is 0.497 e. The van der Waals surface area contributed by atoms with E-state index in [1.54, 1.807) is 69.9 Å². The van der Waals surface area contributed by atoms with Crippen molar-refractivity contribution in [3.63, 3.8) is 0 Å². The Balaban J connectivity index is 1.33. The summed E-state index contributed by atoms with van der Waals surface area (Å²) in [6.07, 6.45) is 0.648. The average molecular weight is 660 g/mol. The van der Waals surface area contributed by atoms with E-state index < -0.39 is 5.63 Å². The summed E-state index contributed by atoms with van der Waals surface area (Å²) in [6, 6.07) is 20.9. The Kier molecular flexibility index (Phi) is 10.4. The lowest BCUT2D eigenvalue weighted by Gasteiger charge is -2.14. The smallest absolute Gasteiger partial charge is 0.339 e. The van der Waals surface area contributed by atoms with Gasteiger partial charge in [0.25, 0.3) is 0 Å². The van der Waals surface area contributed by atoms with Crippen LogP contribution in [-0.2, 0) is 6.42 Å². The van der Waals surface area contributed by atoms with E-state index in [-0.39, 0.29) is 33.9 Å². The van der Waals surface area contributed by atoms with Gasteiger partial charge in [0.2, 0.25) is 11.9 Å². The number of para-hydroxylation sites is 1. The zero-order chi connectivity index (χ0) is 32.5. The molecule has 4 N–H and O–H groups in total. The van der Waals surface area contributed by atoms with Crippen molar-refractivity contribution in [1.29, 1.82) is 0 Å². The average Bonchev–Trinajstić information content (AvgIpc) is 3.04. The van der Waals surface area contributed by atoms with E-state index in [1.807, 2.05) is 18.2 Å². The summed E-state index contributed by atoms with van der Waals surface area (Å²) < 4.78 is 27.1. The minimum atomic E-state index is -0.593. The summed E-state index contributed by atoms with van der Waals surface area (Å²) in [5.74, 6) is 2.31. The number of fused-ring (bicyclic) bond motifs is 1. The summed E-state index contributed by atoms with van der Waals surface area (Å²) in [5, 5.41) is 13.1. The zero-order valence-corrected chi connectivity index (χ0v) is 26.6. The van der Waals surface area contributed by atoms with Crippen LogP contribution in [-0.4, -0.2) is 53.1 Å². The van der Waals surface area contributed by atoms with Gasteiger partial charge in [-0.25, -0.2) is 4.79 Å². The summed E-state index contributed by atoms with van der Waals surface area (Å²) in [4.78, 5) is 25.3. The van der Waals surface area contributed by atoms with Crippen LogP contribution < -0.4 is 45.8 Å². The molecule has 15 heteroatoms. The van der Waals surface area contributed by atoms with Gasteiger partial charge in [-0.1, -0.05) is 18.2 Å². The first-order valence-electron chi connectivity index (χ1n) is 13.8. The number of thiocarbonyl (C=S) groups is 2. The van der Waals surface area contributed by atoms with Gasteiger partial charge < -0.3 is 44.6 Å². The number of nitrogens with one attached hydrogen (secondary N) is 4. The second-order valence-corrected chi connectivity index (χ2v) is 10.2. The molecule has 2 aromatic heterocycles. The van der Waals surface area contributed by atoms with Crippen molar-refractivity contribution in [2.45, 2.75) is 6.42 Å². The molecule has 0 amide bonds. The van der Waals surface area contributed by atoms with Gasteiger partial charge in [-0.2, -0.15) is 15.0 Å². The highest BCUT2D eigenvalue weighted by Crippen LogP contribution is 2.29. The maximum Gasteiger partial charge on any atom is 0.339 e. The van der Waals surface area contributed by atoms with E-state index in [0.29, 0.717) is 46.9 Å². The van der Waals surface area contributed by atoms with Crippen LogP contribution in [0.15, 0.2) is 82.0 Å². The molecule has 0 aliphatic carbocycles. The quantitative estimate of drug-likeness (QED) is 0.109. The standard InChI is InChI=1S/C31H29N7O6S2/c1-40-20-11-9-19(10-12-20)33-31(46)38-28-34-27(37-30(45)32-15-14-18-8-13-23(41-2)25(16-18)42-3)35-29(36-28)44-24-17-26(39)43-22-7-5-4-6-21(22)24/h4-13,16-17H,14-15H2,1-3H3,(H4,32,33,34,35,36,37,38,45,46). The van der Waals surface area contributed by atoms with E-state index in [2.05, 4.69) is 36.2 Å². The van der Waals surface area contributed by atoms with Crippen molar-refractivity contribution < 1.29 is 23.4 Å². The van der Waals surface area contributed by atoms with Crippen molar-refractivity contribution in [3.05, 3.63) is 88.8 Å². The fourth-order valence-electron chi connectivity index (χ4n) is 4.22. The van der Waals surface area contributed by atoms with Gasteiger partial charge in [0.1, 0.15) is 17.1 Å². The summed E-state index contributed by atoms with van der Waals surface area (Å²) in [7, 11) is 4.77. The first kappa shape index (κ1) is 31.9. The van der Waals surface area contributed by atoms with Gasteiger partial charge in [-0.3, -0.25) is 0 Å². The minimum Gasteiger partial charge on any atom is -0.497 e. The SMILES string of the molecule is COc1ccc(NC(=S)Nc2nc(NC(=S)NCCc3ccc(OC)c(OC)c3)nc(Oc3cc(=O)oc4ccccc34)n2)cc1. The van der Waals surface area contributed by atoms with Gasteiger partial charge >= 0.3 is 11.6 Å². The molecule has 5 aromatic rings. The third kappa shape index (κ3) is 8.34. The molecule has 3 aromatic carbocycles. The third-order valence-corrected chi connectivity index (χ3v) is 6.82. The van der Waals surface area contributed by atoms with E-state index >= 15 is 0 Å². The number of hydrogen-bond acceptors (Lipinski definition) is 11. The molecule has 0 fully saturated rings. The molecule has 0 aliphatic heterocycles. The van der Waals surface area contributed by atoms with Crippen molar-refractivity contribution in [2.24, 2.45) is 0 Å². The molecule has 236 valence electrons. The van der Waals surface area contributed by atoms with Crippen LogP contribution in [0.5, 0.6) is 29.0 Å². The molecular formula is C31H29N7O6S2. The first-order chi connectivity index (χ1) is 22.3. The monoisotopic (exact) mass is 659 g/mol. The Morgan fingerprint density at radius 3 is 2.20 bits per heavy atom. The summed E-state index contributed by atoms with van der Waals surface area (Å²) in [6.45, 7) is 0.502. The molecule has 0 spiro atoms. The van der Waals surface area contributed by atoms with Crippen molar-refractivity contribution >= 4 is 63.2 Å². The lowest BCUT2D eigenvalue weighted by molar-refractivity contribution is 0.354. The summed E-state index contributed by atoms with van der Waals surface area (Å²) in [5.41, 5.74) is 1.49. The van der Waals surface area contributed by atoms with Crippen LogP contribution in [0.2, 0.25) is 0 Å². The second-order valence-electron chi connectivity index (χ2n) is 9.42. The van der Waals surface area contributed by atoms with Gasteiger partial charge in [0.15, 0.2) is 21.7 Å². The third-order valence-electron chi connectivity index (χ3n) is 6.37. The zero-order valence-electron chi connectivity index (χ0n) is 25.0. The molecule has 0 radical (unpaired) electrons. The molecule has 0 saturated heterocycles. The Morgan fingerprint density at radius 2 is 1.48 bits per heavy atom. The molecule has 0 aliphatic rings. The van der Waals surface area contributed by atoms with Crippen LogP contribution >= 0.6 is 24.4 Å². The van der Waals surface area contributed by atoms with Crippen LogP contribution in [0.25, 0.3) is 11.0 Å². The van der Waals surface area contributed by atoms with Crippen LogP contribution in [0.3, 0.4) is 0 Å². The van der Waals surface area contributed by atoms with Gasteiger partial charge in [-0.15, -0.1) is 0 Å². The maximum atomic E-state index is 12.2. The molecule has 0 atom stereocenters. The highest BCUT2D eigenvalue weighted by Gasteiger charge is 2.15. The molecular weight excluding hydrogens is 631 g/mol. The predicted octanol–water partition coefficient (Wildman–Crippen LogP) is 5.13. The fraction of sp³-hybridized carbons (Fsp3) is 0.161. The van der Waals surface area contributed by atoms with E-state index in [9.17, 15) is 4.79 Å². The van der Waals surface area contributed by atoms with Crippen molar-refractivity contribution in [3.8, 4) is 29.0 Å². The van der Waals surface area contributed by atoms with Crippen molar-refractivity contribution in [2.75, 3.05) is 43.8 Å². The molecule has 0 saturated carbocycles. The lowest BCUT2D eigenvalue weighted by atomic mass is 10.1. The predicted molar refractivity (Wildman–Crippen MR) is 183 cm³/mol. The number of benzene rings is 3. The Hall–Kier alpha value is -5.54. The fourth-order valence-corrected chi connectivity index (χ4v) is 4.62. The van der Waals surface area contributed by atoms with Crippen molar-refractivity contribution in [1.82, 2.24) is 20.3 Å². The maximum absolute atomic E-state index is 12.2. The highest BCUT2D eigenvalue weighted by molar-refractivity contribution is 7.80. The van der Waals surface area contributed by atoms with E-state index in [1.165, 1.54) is 6.07 Å². The van der Waals surface area contributed by atoms with Crippen LogP contribution in [0, 0.1) is 0 Å². The number of aromatic nitrogens is 3. The molecule has 5 rings (SSSR count). The lowest BCUT2D eigenvalue weighted by Crippen LogP contribution is -2.31. The van der Waals surface area contributed by atoms with Gasteiger partial charge in [0, 0.05) is 12.2 Å². The van der Waals surface area contributed by atoms with Crippen LogP contribution in [0.4, 0.5) is 17.6 Å². The highest BCUT2D eigenvalue weighted by atomic mass is 32.1. The Bertz CT molecular complexity index is 1920. The Labute approximate surface area is 274 Å². The normalized spacial score (nSPS) is 10.5. The van der Waals surface area contributed by atoms with Crippen LogP contribution in [0.1, 0.15) is 5.56 Å². The summed E-state index contributed by atoms with van der Waals surface area (Å²) >= 11 is 11.0. The number of ether oxygens (including phenoxy) is 4. The number of rotatable bonds is 11. The second kappa shape index (κ2) is 15.0. The molecule has 2 heterocycles. The minimum absolute atomic E-state index is 0.0545. The number of methoxy groups -OCH3 is 3. The molecule has 0 unspecified atom stereocenters. The molecule has 46 heavy (non-hydrogen) atoms. The topological polar surface area (TPSA) is 154 Å². The van der Waals surface area contributed by atoms with E-state index in [0.717, 1.165) is 5.56 Å². The molecule has 13 nitrogen and oxygen atoms in total. The number of nitrogens with zero attached hydrogens (tertiary/aromatic N) is 3. The van der Waals surface area contributed by atoms with E-state index in [4.69, 9.17) is 47.8 Å². The van der Waals surface area contributed by atoms with Gasteiger partial charge in [-0.05, 0) is 85.0 Å². The first-order valence-corrected chi connectivity index (χ1v) is 14.6. The number of anilines is 3. The Morgan fingerprint density at radius 1 is 0.761 bits per heavy atom. The van der Waals surface area contributed by atoms with Gasteiger partial charge in [0.05, 0.1) is 32.8 Å².